The molecule has 0 bridgehead atoms. The van der Waals surface area contributed by atoms with Gasteiger partial charge >= 0.3 is 0 Å². The van der Waals surface area contributed by atoms with E-state index < -0.39 is 0 Å². The monoisotopic (exact) mass is 231 g/mol. The van der Waals surface area contributed by atoms with Gasteiger partial charge in [-0.15, -0.1) is 0 Å². The Labute approximate surface area is 92.9 Å². The minimum atomic E-state index is -0.110. The zero-order valence-corrected chi connectivity index (χ0v) is 9.15. The molecule has 0 saturated heterocycles. The number of aliphatic hydroxyl groups is 1. The lowest BCUT2D eigenvalue weighted by molar-refractivity contribution is 0.120. The summed E-state index contributed by atoms with van der Waals surface area (Å²) in [4.78, 5) is 4.00. The van der Waals surface area contributed by atoms with Crippen molar-refractivity contribution in [3.63, 3.8) is 0 Å². The van der Waals surface area contributed by atoms with Crippen LogP contribution in [0.25, 0.3) is 0 Å². The normalized spacial score (nSPS) is 19.1. The maximum atomic E-state index is 9.35. The molecule has 0 amide bonds. The molecule has 0 aliphatic heterocycles. The van der Waals surface area contributed by atoms with Crippen molar-refractivity contribution in [2.75, 3.05) is 6.61 Å². The summed E-state index contributed by atoms with van der Waals surface area (Å²) < 4.78 is 0. The van der Waals surface area contributed by atoms with Crippen LogP contribution in [-0.2, 0) is 5.41 Å². The molecule has 0 radical (unpaired) electrons. The largest absolute Gasteiger partial charge is 0.395 e. The van der Waals surface area contributed by atoms with E-state index in [9.17, 15) is 5.11 Å². The number of hydrogen-bond donors (Lipinski definition) is 1. The fraction of sp³-hybridized carbons (Fsp3) is 0.500. The summed E-state index contributed by atoms with van der Waals surface area (Å²) in [6, 6.07) is 1.81. The number of aromatic nitrogens is 1. The molecule has 0 aromatic carbocycles. The highest BCUT2D eigenvalue weighted by atomic mass is 35.5. The van der Waals surface area contributed by atoms with Crippen LogP contribution in [0.1, 0.15) is 24.8 Å². The molecule has 1 saturated carbocycles. The van der Waals surface area contributed by atoms with Crippen molar-refractivity contribution in [2.45, 2.75) is 24.7 Å². The van der Waals surface area contributed by atoms with Crippen LogP contribution >= 0.6 is 23.2 Å². The Kier molecular flexibility index (Phi) is 2.69. The lowest BCUT2D eigenvalue weighted by Crippen LogP contribution is -2.38. The Bertz CT molecular complexity index is 344. The van der Waals surface area contributed by atoms with Crippen molar-refractivity contribution in [1.29, 1.82) is 0 Å². The van der Waals surface area contributed by atoms with Crippen LogP contribution in [-0.4, -0.2) is 16.7 Å². The quantitative estimate of drug-likeness (QED) is 0.795. The molecule has 1 aliphatic rings. The maximum Gasteiger partial charge on any atom is 0.147 e. The SMILES string of the molecule is OCC1(c2cnc(Cl)c(Cl)c2)CCC1. The highest BCUT2D eigenvalue weighted by Crippen LogP contribution is 2.43. The van der Waals surface area contributed by atoms with Gasteiger partial charge in [-0.05, 0) is 24.5 Å². The van der Waals surface area contributed by atoms with Crippen LogP contribution in [0.5, 0.6) is 0 Å². The molecule has 0 spiro atoms. The smallest absolute Gasteiger partial charge is 0.147 e. The number of aliphatic hydroxyl groups excluding tert-OH is 1. The van der Waals surface area contributed by atoms with Gasteiger partial charge in [0.2, 0.25) is 0 Å². The summed E-state index contributed by atoms with van der Waals surface area (Å²) in [5.74, 6) is 0. The van der Waals surface area contributed by atoms with E-state index in [-0.39, 0.29) is 12.0 Å². The fourth-order valence-corrected chi connectivity index (χ4v) is 2.12. The molecule has 2 rings (SSSR count). The molecule has 2 nitrogen and oxygen atoms in total. The molecule has 14 heavy (non-hydrogen) atoms. The van der Waals surface area contributed by atoms with E-state index in [4.69, 9.17) is 23.2 Å². The molecule has 0 atom stereocenters. The first-order valence-electron chi connectivity index (χ1n) is 4.60. The lowest BCUT2D eigenvalue weighted by atomic mass is 9.65. The highest BCUT2D eigenvalue weighted by Gasteiger charge is 2.38. The Hall–Kier alpha value is -0.310. The summed E-state index contributed by atoms with van der Waals surface area (Å²) in [6.07, 6.45) is 4.87. The molecular weight excluding hydrogens is 221 g/mol. The Morgan fingerprint density at radius 2 is 2.14 bits per heavy atom. The van der Waals surface area contributed by atoms with E-state index in [1.165, 1.54) is 0 Å². The van der Waals surface area contributed by atoms with Crippen molar-refractivity contribution in [3.05, 3.63) is 28.0 Å². The van der Waals surface area contributed by atoms with E-state index >= 15 is 0 Å². The first-order chi connectivity index (χ1) is 6.68. The lowest BCUT2D eigenvalue weighted by Gasteiger charge is -2.40. The van der Waals surface area contributed by atoms with Crippen molar-refractivity contribution in [2.24, 2.45) is 0 Å². The predicted octanol–water partition coefficient (Wildman–Crippen LogP) is 2.80. The summed E-state index contributed by atoms with van der Waals surface area (Å²) in [6.45, 7) is 0.159. The van der Waals surface area contributed by atoms with Crippen LogP contribution in [0, 0.1) is 0 Å². The molecule has 1 aliphatic carbocycles. The van der Waals surface area contributed by atoms with Gasteiger partial charge in [-0.2, -0.15) is 0 Å². The second-order valence-corrected chi connectivity index (χ2v) is 4.55. The number of pyridine rings is 1. The van der Waals surface area contributed by atoms with Crippen molar-refractivity contribution in [3.8, 4) is 0 Å². The molecule has 1 aromatic heterocycles. The zero-order valence-electron chi connectivity index (χ0n) is 7.63. The Morgan fingerprint density at radius 3 is 2.57 bits per heavy atom. The van der Waals surface area contributed by atoms with Gasteiger partial charge in [-0.3, -0.25) is 0 Å². The predicted molar refractivity (Wildman–Crippen MR) is 56.9 cm³/mol. The Morgan fingerprint density at radius 1 is 1.43 bits per heavy atom. The summed E-state index contributed by atoms with van der Waals surface area (Å²) in [5, 5.41) is 10.1. The number of nitrogens with zero attached hydrogens (tertiary/aromatic N) is 1. The molecule has 1 heterocycles. The second kappa shape index (κ2) is 3.69. The van der Waals surface area contributed by atoms with Crippen molar-refractivity contribution in [1.82, 2.24) is 4.98 Å². The molecule has 76 valence electrons. The fourth-order valence-electron chi connectivity index (χ4n) is 1.85. The first-order valence-corrected chi connectivity index (χ1v) is 5.36. The molecule has 1 aromatic rings. The second-order valence-electron chi connectivity index (χ2n) is 3.79. The summed E-state index contributed by atoms with van der Waals surface area (Å²) >= 11 is 11.6. The third kappa shape index (κ3) is 1.52. The molecular formula is C10H11Cl2NO. The average Bonchev–Trinajstić information content (AvgIpc) is 2.10. The number of hydrogen-bond acceptors (Lipinski definition) is 2. The van der Waals surface area contributed by atoms with E-state index in [1.807, 2.05) is 6.07 Å². The van der Waals surface area contributed by atoms with Gasteiger partial charge in [0.25, 0.3) is 0 Å². The standard InChI is InChI=1S/C10H11Cl2NO/c11-8-4-7(5-13-9(8)12)10(6-14)2-1-3-10/h4-5,14H,1-3,6H2. The Balaban J connectivity index is 2.36. The number of rotatable bonds is 2. The molecule has 1 N–H and O–H groups in total. The maximum absolute atomic E-state index is 9.35. The third-order valence-corrected chi connectivity index (χ3v) is 3.71. The minimum Gasteiger partial charge on any atom is -0.395 e. The van der Waals surface area contributed by atoms with E-state index in [0.717, 1.165) is 24.8 Å². The first kappa shape index (κ1) is 10.2. The molecule has 4 heteroatoms. The van der Waals surface area contributed by atoms with Crippen LogP contribution < -0.4 is 0 Å². The van der Waals surface area contributed by atoms with Crippen molar-refractivity contribution < 1.29 is 5.11 Å². The van der Waals surface area contributed by atoms with Crippen molar-refractivity contribution >= 4 is 23.2 Å². The minimum absolute atomic E-state index is 0.110. The van der Waals surface area contributed by atoms with Crippen LogP contribution in [0.15, 0.2) is 12.3 Å². The highest BCUT2D eigenvalue weighted by molar-refractivity contribution is 6.41. The molecule has 0 unspecified atom stereocenters. The van der Waals surface area contributed by atoms with E-state index in [2.05, 4.69) is 4.98 Å². The summed E-state index contributed by atoms with van der Waals surface area (Å²) in [7, 11) is 0. The molecule has 1 fully saturated rings. The summed E-state index contributed by atoms with van der Waals surface area (Å²) in [5.41, 5.74) is 0.891. The van der Waals surface area contributed by atoms with E-state index in [0.29, 0.717) is 10.2 Å². The third-order valence-electron chi connectivity index (χ3n) is 3.02. The van der Waals surface area contributed by atoms with Gasteiger partial charge in [-0.25, -0.2) is 4.98 Å². The van der Waals surface area contributed by atoms with Crippen LogP contribution in [0.4, 0.5) is 0 Å². The number of halogens is 2. The van der Waals surface area contributed by atoms with Crippen LogP contribution in [0.3, 0.4) is 0 Å². The zero-order chi connectivity index (χ0) is 10.2. The van der Waals surface area contributed by atoms with Gasteiger partial charge in [0, 0.05) is 11.6 Å². The van der Waals surface area contributed by atoms with Gasteiger partial charge in [0.05, 0.1) is 11.6 Å². The van der Waals surface area contributed by atoms with Gasteiger partial charge in [-0.1, -0.05) is 29.6 Å². The topological polar surface area (TPSA) is 33.1 Å². The van der Waals surface area contributed by atoms with Gasteiger partial charge in [0.15, 0.2) is 0 Å². The average molecular weight is 232 g/mol. The van der Waals surface area contributed by atoms with E-state index in [1.54, 1.807) is 6.20 Å². The van der Waals surface area contributed by atoms with Gasteiger partial charge < -0.3 is 5.11 Å². The van der Waals surface area contributed by atoms with Gasteiger partial charge in [0.1, 0.15) is 5.15 Å². The van der Waals surface area contributed by atoms with Crippen LogP contribution in [0.2, 0.25) is 10.2 Å².